The molecule has 3 aromatic rings. The van der Waals surface area contributed by atoms with Crippen LogP contribution in [-0.4, -0.2) is 25.8 Å². The molecule has 5 nitrogen and oxygen atoms in total. The van der Waals surface area contributed by atoms with E-state index in [0.29, 0.717) is 17.8 Å². The highest BCUT2D eigenvalue weighted by molar-refractivity contribution is 7.92. The van der Waals surface area contributed by atoms with Gasteiger partial charge in [-0.2, -0.15) is 0 Å². The van der Waals surface area contributed by atoms with Crippen molar-refractivity contribution in [3.63, 3.8) is 0 Å². The van der Waals surface area contributed by atoms with Crippen LogP contribution in [0.2, 0.25) is 0 Å². The van der Waals surface area contributed by atoms with Crippen LogP contribution in [0, 0.1) is 6.92 Å². The zero-order valence-corrected chi connectivity index (χ0v) is 17.9. The molecule has 4 rings (SSSR count). The predicted octanol–water partition coefficient (Wildman–Crippen LogP) is 4.62. The highest BCUT2D eigenvalue weighted by atomic mass is 32.2. The van der Waals surface area contributed by atoms with Gasteiger partial charge in [0.05, 0.1) is 10.9 Å². The quantitative estimate of drug-likeness (QED) is 0.662. The fourth-order valence-electron chi connectivity index (χ4n) is 3.58. The lowest BCUT2D eigenvalue weighted by molar-refractivity contribution is 0.0679. The number of sulfonamides is 1. The number of thiophene rings is 1. The number of amides is 1. The number of carbonyl (C=O) groups is 1. The number of hydrogen-bond acceptors (Lipinski definition) is 4. The maximum absolute atomic E-state index is 13.1. The minimum Gasteiger partial charge on any atom is -0.331 e. The fourth-order valence-corrected chi connectivity index (χ4v) is 5.65. The summed E-state index contributed by atoms with van der Waals surface area (Å²) in [5.41, 5.74) is 3.09. The van der Waals surface area contributed by atoms with Crippen LogP contribution in [0.15, 0.2) is 64.9 Å². The van der Waals surface area contributed by atoms with Crippen LogP contribution >= 0.6 is 11.3 Å². The minimum absolute atomic E-state index is 0.0246. The molecule has 2 heterocycles. The summed E-state index contributed by atoms with van der Waals surface area (Å²) in [6, 6.07) is 15.4. The van der Waals surface area contributed by atoms with Crippen LogP contribution < -0.4 is 4.72 Å². The summed E-state index contributed by atoms with van der Waals surface area (Å²) in [4.78, 5) is 16.3. The Hall–Kier alpha value is -2.64. The first-order valence-corrected chi connectivity index (χ1v) is 11.8. The Kier molecular flexibility index (Phi) is 5.19. The van der Waals surface area contributed by atoms with Gasteiger partial charge in [0, 0.05) is 22.7 Å². The van der Waals surface area contributed by atoms with Gasteiger partial charge in [0.2, 0.25) is 0 Å². The van der Waals surface area contributed by atoms with Gasteiger partial charge in [-0.1, -0.05) is 23.8 Å². The van der Waals surface area contributed by atoms with E-state index in [1.54, 1.807) is 35.6 Å². The summed E-state index contributed by atoms with van der Waals surface area (Å²) in [7, 11) is -3.79. The van der Waals surface area contributed by atoms with Crippen molar-refractivity contribution < 1.29 is 13.2 Å². The normalized spacial score (nSPS) is 16.3. The number of anilines is 1. The molecule has 0 fully saturated rings. The second-order valence-electron chi connectivity index (χ2n) is 7.22. The smallest absolute Gasteiger partial charge is 0.261 e. The summed E-state index contributed by atoms with van der Waals surface area (Å²) in [5, 5.41) is 2.05. The van der Waals surface area contributed by atoms with Crippen LogP contribution in [0.1, 0.15) is 39.3 Å². The van der Waals surface area contributed by atoms with Gasteiger partial charge in [0.1, 0.15) is 0 Å². The number of rotatable bonds is 4. The highest BCUT2D eigenvalue weighted by Crippen LogP contribution is 2.33. The number of aryl methyl sites for hydroxylation is 1. The van der Waals surface area contributed by atoms with Crippen LogP contribution in [0.5, 0.6) is 0 Å². The third kappa shape index (κ3) is 3.93. The molecule has 7 heteroatoms. The topological polar surface area (TPSA) is 66.5 Å². The number of nitrogens with one attached hydrogen (secondary N) is 1. The molecule has 29 heavy (non-hydrogen) atoms. The fraction of sp³-hybridized carbons (Fsp3) is 0.227. The van der Waals surface area contributed by atoms with Crippen molar-refractivity contribution in [2.75, 3.05) is 11.3 Å². The molecular formula is C22H22N2O3S2. The number of fused-ring (bicyclic) bond motifs is 1. The van der Waals surface area contributed by atoms with Gasteiger partial charge < -0.3 is 4.90 Å². The van der Waals surface area contributed by atoms with Crippen molar-refractivity contribution in [1.82, 2.24) is 4.90 Å². The van der Waals surface area contributed by atoms with Gasteiger partial charge >= 0.3 is 0 Å². The highest BCUT2D eigenvalue weighted by Gasteiger charge is 2.29. The molecule has 0 radical (unpaired) electrons. The van der Waals surface area contributed by atoms with Crippen molar-refractivity contribution in [3.05, 3.63) is 81.5 Å². The van der Waals surface area contributed by atoms with Crippen molar-refractivity contribution in [2.24, 2.45) is 0 Å². The van der Waals surface area contributed by atoms with Crippen molar-refractivity contribution >= 4 is 33.0 Å². The van der Waals surface area contributed by atoms with Crippen LogP contribution in [0.4, 0.5) is 5.69 Å². The minimum atomic E-state index is -3.79. The van der Waals surface area contributed by atoms with Crippen LogP contribution in [-0.2, 0) is 16.4 Å². The van der Waals surface area contributed by atoms with E-state index in [1.165, 1.54) is 22.6 Å². The molecule has 1 aliphatic rings. The maximum Gasteiger partial charge on any atom is 0.261 e. The average Bonchev–Trinajstić information content (AvgIpc) is 3.19. The molecule has 150 valence electrons. The van der Waals surface area contributed by atoms with E-state index in [4.69, 9.17) is 0 Å². The standard InChI is InChI=1S/C22H22N2O3S2/c1-15-6-8-18(9-7-15)23-29(26,27)19-5-3-4-17(14-19)22(25)24-12-10-21-20(16(24)2)11-13-28-21/h3-9,11,13-14,16,23H,10,12H2,1-2H3. The zero-order chi connectivity index (χ0) is 20.6. The number of carbonyl (C=O) groups excluding carboxylic acids is 1. The second kappa shape index (κ2) is 7.65. The predicted molar refractivity (Wildman–Crippen MR) is 116 cm³/mol. The summed E-state index contributed by atoms with van der Waals surface area (Å²) < 4.78 is 28.2. The van der Waals surface area contributed by atoms with Gasteiger partial charge in [0.25, 0.3) is 15.9 Å². The molecule has 0 bridgehead atoms. The Morgan fingerprint density at radius 3 is 2.66 bits per heavy atom. The van der Waals surface area contributed by atoms with Crippen molar-refractivity contribution in [2.45, 2.75) is 31.2 Å². The van der Waals surface area contributed by atoms with Crippen LogP contribution in [0.25, 0.3) is 0 Å². The van der Waals surface area contributed by atoms with E-state index in [2.05, 4.69) is 16.2 Å². The van der Waals surface area contributed by atoms with E-state index in [1.807, 2.05) is 30.9 Å². The molecule has 1 amide bonds. The third-order valence-corrected chi connectivity index (χ3v) is 7.61. The molecular weight excluding hydrogens is 404 g/mol. The first-order valence-electron chi connectivity index (χ1n) is 9.42. The molecule has 0 saturated heterocycles. The van der Waals surface area contributed by atoms with Crippen molar-refractivity contribution in [1.29, 1.82) is 0 Å². The monoisotopic (exact) mass is 426 g/mol. The molecule has 2 aromatic carbocycles. The van der Waals surface area contributed by atoms with Gasteiger partial charge in [-0.15, -0.1) is 11.3 Å². The van der Waals surface area contributed by atoms with E-state index in [0.717, 1.165) is 12.0 Å². The molecule has 1 atom stereocenters. The van der Waals surface area contributed by atoms with E-state index in [9.17, 15) is 13.2 Å². The third-order valence-electron chi connectivity index (χ3n) is 5.23. The summed E-state index contributed by atoms with van der Waals surface area (Å²) in [6.07, 6.45) is 0.829. The van der Waals surface area contributed by atoms with Gasteiger partial charge in [-0.3, -0.25) is 9.52 Å². The van der Waals surface area contributed by atoms with E-state index < -0.39 is 10.0 Å². The Balaban J connectivity index is 1.58. The summed E-state index contributed by atoms with van der Waals surface area (Å²) >= 11 is 1.72. The van der Waals surface area contributed by atoms with Crippen LogP contribution in [0.3, 0.4) is 0 Å². The SMILES string of the molecule is Cc1ccc(NS(=O)(=O)c2cccc(C(=O)N3CCc4sccc4C3C)c2)cc1. The molecule has 0 spiro atoms. The van der Waals surface area contributed by atoms with Gasteiger partial charge in [0.15, 0.2) is 0 Å². The Morgan fingerprint density at radius 1 is 1.14 bits per heavy atom. The lowest BCUT2D eigenvalue weighted by atomic mass is 10.0. The largest absolute Gasteiger partial charge is 0.331 e. The second-order valence-corrected chi connectivity index (χ2v) is 9.91. The molecule has 1 aliphatic heterocycles. The van der Waals surface area contributed by atoms with Gasteiger partial charge in [-0.05, 0) is 67.6 Å². The van der Waals surface area contributed by atoms with E-state index in [-0.39, 0.29) is 16.8 Å². The molecule has 1 aromatic heterocycles. The summed E-state index contributed by atoms with van der Waals surface area (Å²) in [6.45, 7) is 4.59. The molecule has 1 N–H and O–H groups in total. The Morgan fingerprint density at radius 2 is 1.90 bits per heavy atom. The lowest BCUT2D eigenvalue weighted by Gasteiger charge is -2.33. The molecule has 0 saturated carbocycles. The summed E-state index contributed by atoms with van der Waals surface area (Å²) in [5.74, 6) is -0.151. The molecule has 1 unspecified atom stereocenters. The maximum atomic E-state index is 13.1. The lowest BCUT2D eigenvalue weighted by Crippen LogP contribution is -2.38. The Bertz CT molecular complexity index is 1150. The Labute approximate surface area is 175 Å². The zero-order valence-electron chi connectivity index (χ0n) is 16.3. The van der Waals surface area contributed by atoms with Gasteiger partial charge in [-0.25, -0.2) is 8.42 Å². The van der Waals surface area contributed by atoms with E-state index >= 15 is 0 Å². The number of nitrogens with zero attached hydrogens (tertiary/aromatic N) is 1. The first-order chi connectivity index (χ1) is 13.8. The first kappa shape index (κ1) is 19.7. The molecule has 0 aliphatic carbocycles. The number of benzene rings is 2. The average molecular weight is 427 g/mol. The number of hydrogen-bond donors (Lipinski definition) is 1. The van der Waals surface area contributed by atoms with Crippen molar-refractivity contribution in [3.8, 4) is 0 Å².